The predicted molar refractivity (Wildman–Crippen MR) is 118 cm³/mol. The molecule has 0 aliphatic heterocycles. The van der Waals surface area contributed by atoms with E-state index in [1.165, 1.54) is 0 Å². The lowest BCUT2D eigenvalue weighted by atomic mass is 10.1. The SMILES string of the molecule is COc1cccc(C(=O)N(C)CCCCCc2cc(-c3ccccc3)n[nH]2)c1OC. The molecule has 158 valence electrons. The molecule has 30 heavy (non-hydrogen) atoms. The van der Waals surface area contributed by atoms with Crippen molar-refractivity contribution in [1.29, 1.82) is 0 Å². The van der Waals surface area contributed by atoms with Gasteiger partial charge in [-0.1, -0.05) is 42.8 Å². The largest absolute Gasteiger partial charge is 0.493 e. The molecule has 1 aromatic heterocycles. The van der Waals surface area contributed by atoms with E-state index >= 15 is 0 Å². The smallest absolute Gasteiger partial charge is 0.257 e. The highest BCUT2D eigenvalue weighted by atomic mass is 16.5. The summed E-state index contributed by atoms with van der Waals surface area (Å²) in [5, 5.41) is 7.53. The molecule has 0 bridgehead atoms. The minimum absolute atomic E-state index is 0.0631. The van der Waals surface area contributed by atoms with Gasteiger partial charge in [0, 0.05) is 24.8 Å². The molecule has 0 atom stereocenters. The number of aromatic amines is 1. The number of ether oxygens (including phenoxy) is 2. The molecule has 6 nitrogen and oxygen atoms in total. The van der Waals surface area contributed by atoms with E-state index in [0.29, 0.717) is 23.6 Å². The zero-order valence-corrected chi connectivity index (χ0v) is 17.9. The van der Waals surface area contributed by atoms with Crippen molar-refractivity contribution in [2.45, 2.75) is 25.7 Å². The molecular weight excluding hydrogens is 378 g/mol. The maximum absolute atomic E-state index is 12.8. The number of para-hydroxylation sites is 1. The van der Waals surface area contributed by atoms with Crippen molar-refractivity contribution in [2.24, 2.45) is 0 Å². The first-order valence-electron chi connectivity index (χ1n) is 10.2. The molecule has 1 heterocycles. The van der Waals surface area contributed by atoms with Gasteiger partial charge in [0.2, 0.25) is 0 Å². The van der Waals surface area contributed by atoms with Gasteiger partial charge in [-0.2, -0.15) is 5.10 Å². The van der Waals surface area contributed by atoms with Crippen LogP contribution in [0.25, 0.3) is 11.3 Å². The van der Waals surface area contributed by atoms with E-state index in [2.05, 4.69) is 28.4 Å². The van der Waals surface area contributed by atoms with Crippen LogP contribution in [0.4, 0.5) is 0 Å². The first-order valence-corrected chi connectivity index (χ1v) is 10.2. The van der Waals surface area contributed by atoms with Crippen LogP contribution < -0.4 is 9.47 Å². The molecule has 0 aliphatic rings. The summed E-state index contributed by atoms with van der Waals surface area (Å²) in [7, 11) is 4.94. The first kappa shape index (κ1) is 21.4. The Labute approximate surface area is 177 Å². The van der Waals surface area contributed by atoms with Crippen molar-refractivity contribution in [3.63, 3.8) is 0 Å². The second-order valence-electron chi connectivity index (χ2n) is 7.22. The average Bonchev–Trinajstić information content (AvgIpc) is 3.27. The Morgan fingerprint density at radius 2 is 1.80 bits per heavy atom. The quantitative estimate of drug-likeness (QED) is 0.500. The van der Waals surface area contributed by atoms with E-state index in [-0.39, 0.29) is 5.91 Å². The van der Waals surface area contributed by atoms with Crippen molar-refractivity contribution in [1.82, 2.24) is 15.1 Å². The molecule has 0 fully saturated rings. The molecule has 2 aromatic carbocycles. The Kier molecular flexibility index (Phi) is 7.49. The van der Waals surface area contributed by atoms with Crippen LogP contribution in [-0.4, -0.2) is 48.8 Å². The van der Waals surface area contributed by atoms with Crippen LogP contribution in [0.5, 0.6) is 11.5 Å². The summed E-state index contributed by atoms with van der Waals surface area (Å²) in [6, 6.07) is 17.6. The third kappa shape index (κ3) is 5.20. The van der Waals surface area contributed by atoms with Gasteiger partial charge in [-0.05, 0) is 37.5 Å². The molecular formula is C24H29N3O3. The fraction of sp³-hybridized carbons (Fsp3) is 0.333. The van der Waals surface area contributed by atoms with Gasteiger partial charge in [-0.25, -0.2) is 0 Å². The monoisotopic (exact) mass is 407 g/mol. The van der Waals surface area contributed by atoms with E-state index in [9.17, 15) is 4.79 Å². The second kappa shape index (κ2) is 10.5. The Morgan fingerprint density at radius 1 is 1.00 bits per heavy atom. The van der Waals surface area contributed by atoms with Crippen LogP contribution in [0, 0.1) is 0 Å². The lowest BCUT2D eigenvalue weighted by Gasteiger charge is -2.19. The van der Waals surface area contributed by atoms with Crippen molar-refractivity contribution < 1.29 is 14.3 Å². The molecule has 0 spiro atoms. The normalized spacial score (nSPS) is 10.6. The summed E-state index contributed by atoms with van der Waals surface area (Å²) in [6.07, 6.45) is 3.96. The fourth-order valence-electron chi connectivity index (χ4n) is 3.45. The van der Waals surface area contributed by atoms with Gasteiger partial charge in [0.15, 0.2) is 11.5 Å². The number of H-pyrrole nitrogens is 1. The number of unbranched alkanes of at least 4 members (excludes halogenated alkanes) is 2. The first-order chi connectivity index (χ1) is 14.6. The molecule has 0 radical (unpaired) electrons. The minimum Gasteiger partial charge on any atom is -0.493 e. The zero-order chi connectivity index (χ0) is 21.3. The molecule has 0 aliphatic carbocycles. The summed E-state index contributed by atoms with van der Waals surface area (Å²) in [6.45, 7) is 0.692. The summed E-state index contributed by atoms with van der Waals surface area (Å²) >= 11 is 0. The summed E-state index contributed by atoms with van der Waals surface area (Å²) < 4.78 is 10.7. The van der Waals surface area contributed by atoms with Gasteiger partial charge >= 0.3 is 0 Å². The summed E-state index contributed by atoms with van der Waals surface area (Å²) in [5.41, 5.74) is 3.75. The van der Waals surface area contributed by atoms with Crippen LogP contribution >= 0.6 is 0 Å². The number of aryl methyl sites for hydroxylation is 1. The van der Waals surface area contributed by atoms with Crippen LogP contribution in [0.1, 0.15) is 35.3 Å². The number of nitrogens with zero attached hydrogens (tertiary/aromatic N) is 2. The highest BCUT2D eigenvalue weighted by Crippen LogP contribution is 2.31. The minimum atomic E-state index is -0.0631. The molecule has 0 unspecified atom stereocenters. The van der Waals surface area contributed by atoms with Crippen LogP contribution in [0.2, 0.25) is 0 Å². The Morgan fingerprint density at radius 3 is 2.53 bits per heavy atom. The van der Waals surface area contributed by atoms with E-state index in [1.54, 1.807) is 37.3 Å². The van der Waals surface area contributed by atoms with Crippen LogP contribution in [0.15, 0.2) is 54.6 Å². The topological polar surface area (TPSA) is 67.5 Å². The van der Waals surface area contributed by atoms with E-state index in [1.807, 2.05) is 25.2 Å². The fourth-order valence-corrected chi connectivity index (χ4v) is 3.45. The van der Waals surface area contributed by atoms with Crippen molar-refractivity contribution >= 4 is 5.91 Å². The molecule has 6 heteroatoms. The number of nitrogens with one attached hydrogen (secondary N) is 1. The van der Waals surface area contributed by atoms with Gasteiger partial charge in [0.1, 0.15) is 0 Å². The molecule has 3 aromatic rings. The number of aromatic nitrogens is 2. The number of amides is 1. The highest BCUT2D eigenvalue weighted by molar-refractivity contribution is 5.97. The number of carbonyl (C=O) groups is 1. The number of hydrogen-bond acceptors (Lipinski definition) is 4. The lowest BCUT2D eigenvalue weighted by Crippen LogP contribution is -2.28. The Hall–Kier alpha value is -3.28. The molecule has 0 saturated carbocycles. The van der Waals surface area contributed by atoms with E-state index in [0.717, 1.165) is 42.6 Å². The maximum atomic E-state index is 12.8. The second-order valence-corrected chi connectivity index (χ2v) is 7.22. The van der Waals surface area contributed by atoms with Crippen LogP contribution in [0.3, 0.4) is 0 Å². The molecule has 1 amide bonds. The van der Waals surface area contributed by atoms with Crippen molar-refractivity contribution in [2.75, 3.05) is 27.8 Å². The number of benzene rings is 2. The van der Waals surface area contributed by atoms with E-state index in [4.69, 9.17) is 9.47 Å². The zero-order valence-electron chi connectivity index (χ0n) is 17.9. The third-order valence-electron chi connectivity index (χ3n) is 5.12. The van der Waals surface area contributed by atoms with Gasteiger partial charge < -0.3 is 14.4 Å². The Bertz CT molecular complexity index is 953. The average molecular weight is 408 g/mol. The summed E-state index contributed by atoms with van der Waals surface area (Å²) in [5.74, 6) is 0.975. The highest BCUT2D eigenvalue weighted by Gasteiger charge is 2.19. The lowest BCUT2D eigenvalue weighted by molar-refractivity contribution is 0.0788. The van der Waals surface area contributed by atoms with Gasteiger partial charge in [0.25, 0.3) is 5.91 Å². The number of rotatable bonds is 10. The molecule has 1 N–H and O–H groups in total. The number of carbonyl (C=O) groups excluding carboxylic acids is 1. The van der Waals surface area contributed by atoms with Gasteiger partial charge in [-0.15, -0.1) is 0 Å². The summed E-state index contributed by atoms with van der Waals surface area (Å²) in [4.78, 5) is 14.5. The standard InChI is InChI=1S/C24H29N3O3/c1-27(24(28)20-14-10-15-22(29-2)23(20)30-3)16-9-5-8-13-19-17-21(26-25-19)18-11-6-4-7-12-18/h4,6-7,10-12,14-15,17H,5,8-9,13,16H2,1-3H3,(H,25,26). The number of methoxy groups -OCH3 is 2. The van der Waals surface area contributed by atoms with Crippen LogP contribution in [-0.2, 0) is 6.42 Å². The molecule has 3 rings (SSSR count). The van der Waals surface area contributed by atoms with E-state index < -0.39 is 0 Å². The van der Waals surface area contributed by atoms with Crippen molar-refractivity contribution in [3.05, 3.63) is 65.9 Å². The predicted octanol–water partition coefficient (Wildman–Crippen LogP) is 4.58. The third-order valence-corrected chi connectivity index (χ3v) is 5.12. The molecule has 0 saturated heterocycles. The Balaban J connectivity index is 1.45. The maximum Gasteiger partial charge on any atom is 0.257 e. The van der Waals surface area contributed by atoms with Gasteiger partial charge in [-0.3, -0.25) is 9.89 Å². The number of hydrogen-bond donors (Lipinski definition) is 1. The van der Waals surface area contributed by atoms with Gasteiger partial charge in [0.05, 0.1) is 25.5 Å². The van der Waals surface area contributed by atoms with Crippen molar-refractivity contribution in [3.8, 4) is 22.8 Å².